The lowest BCUT2D eigenvalue weighted by Crippen LogP contribution is -2.39. The first-order valence-corrected chi connectivity index (χ1v) is 8.04. The molecule has 0 atom stereocenters. The maximum Gasteiger partial charge on any atom is 0.319 e. The van der Waals surface area contributed by atoms with Crippen LogP contribution in [-0.4, -0.2) is 25.0 Å². The second-order valence-corrected chi connectivity index (χ2v) is 6.36. The van der Waals surface area contributed by atoms with Crippen LogP contribution in [-0.2, 0) is 10.1 Å². The van der Waals surface area contributed by atoms with E-state index in [1.165, 1.54) is 24.6 Å². The Labute approximate surface area is 118 Å². The summed E-state index contributed by atoms with van der Waals surface area (Å²) in [5.41, 5.74) is 0.327. The summed E-state index contributed by atoms with van der Waals surface area (Å²) in [6.07, 6.45) is 5.37. The van der Waals surface area contributed by atoms with E-state index < -0.39 is 10.1 Å². The Balaban J connectivity index is 1.97. The Bertz CT molecular complexity index is 580. The number of carbonyl (C=O) groups excluding carboxylic acids is 1. The predicted molar refractivity (Wildman–Crippen MR) is 75.3 cm³/mol. The van der Waals surface area contributed by atoms with E-state index in [1.54, 1.807) is 6.07 Å². The number of nitrogens with one attached hydrogen (secondary N) is 2. The van der Waals surface area contributed by atoms with Crippen LogP contribution in [0.5, 0.6) is 0 Å². The first-order valence-electron chi connectivity index (χ1n) is 6.60. The average Bonchev–Trinajstić information content (AvgIpc) is 2.39. The molecule has 1 aliphatic carbocycles. The topological polar surface area (TPSA) is 95.5 Å². The smallest absolute Gasteiger partial charge is 0.319 e. The summed E-state index contributed by atoms with van der Waals surface area (Å²) in [6.45, 7) is 0. The van der Waals surface area contributed by atoms with Gasteiger partial charge in [-0.05, 0) is 31.0 Å². The molecule has 0 spiro atoms. The minimum absolute atomic E-state index is 0.175. The zero-order chi connectivity index (χ0) is 14.6. The fourth-order valence-electron chi connectivity index (χ4n) is 2.33. The van der Waals surface area contributed by atoms with Gasteiger partial charge >= 0.3 is 6.03 Å². The van der Waals surface area contributed by atoms with Gasteiger partial charge < -0.3 is 10.6 Å². The number of amides is 2. The number of rotatable bonds is 3. The highest BCUT2D eigenvalue weighted by atomic mass is 32.2. The van der Waals surface area contributed by atoms with E-state index >= 15 is 0 Å². The first kappa shape index (κ1) is 14.8. The minimum Gasteiger partial charge on any atom is -0.335 e. The molecule has 0 saturated heterocycles. The Morgan fingerprint density at radius 1 is 1.20 bits per heavy atom. The van der Waals surface area contributed by atoms with E-state index in [9.17, 15) is 13.2 Å². The molecule has 0 bridgehead atoms. The molecule has 7 heteroatoms. The van der Waals surface area contributed by atoms with Crippen LogP contribution in [0.4, 0.5) is 10.5 Å². The summed E-state index contributed by atoms with van der Waals surface area (Å²) >= 11 is 0. The number of carbonyl (C=O) groups is 1. The van der Waals surface area contributed by atoms with E-state index in [0.717, 1.165) is 25.7 Å². The summed E-state index contributed by atoms with van der Waals surface area (Å²) in [5.74, 6) is 0. The third kappa shape index (κ3) is 4.21. The standard InChI is InChI=1S/C13H18N2O4S/c16-13(14-10-5-2-1-3-6-10)15-11-7-4-8-12(9-11)20(17,18)19/h4,7-10H,1-3,5-6H2,(H2,14,15,16)(H,17,18,19). The molecule has 2 amide bonds. The Morgan fingerprint density at radius 2 is 1.90 bits per heavy atom. The van der Waals surface area contributed by atoms with Crippen molar-refractivity contribution in [3.8, 4) is 0 Å². The zero-order valence-corrected chi connectivity index (χ0v) is 11.8. The lowest BCUT2D eigenvalue weighted by atomic mass is 9.96. The van der Waals surface area contributed by atoms with Crippen LogP contribution in [0, 0.1) is 0 Å². The first-order chi connectivity index (χ1) is 9.45. The molecular weight excluding hydrogens is 280 g/mol. The lowest BCUT2D eigenvalue weighted by molar-refractivity contribution is 0.244. The third-order valence-electron chi connectivity index (χ3n) is 3.33. The maximum absolute atomic E-state index is 11.8. The Kier molecular flexibility index (Phi) is 4.61. The third-order valence-corrected chi connectivity index (χ3v) is 4.18. The van der Waals surface area contributed by atoms with Crippen LogP contribution < -0.4 is 10.6 Å². The molecule has 0 radical (unpaired) electrons. The van der Waals surface area contributed by atoms with Gasteiger partial charge in [0.1, 0.15) is 0 Å². The monoisotopic (exact) mass is 298 g/mol. The van der Waals surface area contributed by atoms with Gasteiger partial charge in [0, 0.05) is 11.7 Å². The van der Waals surface area contributed by atoms with Crippen molar-refractivity contribution in [3.63, 3.8) is 0 Å². The largest absolute Gasteiger partial charge is 0.335 e. The van der Waals surface area contributed by atoms with Gasteiger partial charge in [0.25, 0.3) is 10.1 Å². The van der Waals surface area contributed by atoms with E-state index in [-0.39, 0.29) is 17.0 Å². The highest BCUT2D eigenvalue weighted by Crippen LogP contribution is 2.18. The van der Waals surface area contributed by atoms with Crippen molar-refractivity contribution in [2.45, 2.75) is 43.0 Å². The van der Waals surface area contributed by atoms with Gasteiger partial charge in [-0.1, -0.05) is 25.3 Å². The molecule has 1 fully saturated rings. The highest BCUT2D eigenvalue weighted by molar-refractivity contribution is 7.85. The van der Waals surface area contributed by atoms with Crippen molar-refractivity contribution in [1.29, 1.82) is 0 Å². The molecule has 20 heavy (non-hydrogen) atoms. The van der Waals surface area contributed by atoms with Crippen molar-refractivity contribution in [3.05, 3.63) is 24.3 Å². The fraction of sp³-hybridized carbons (Fsp3) is 0.462. The molecule has 110 valence electrons. The van der Waals surface area contributed by atoms with E-state index in [1.807, 2.05) is 0 Å². The molecule has 1 aromatic rings. The SMILES string of the molecule is O=C(Nc1cccc(S(=O)(=O)O)c1)NC1CCCCC1. The number of hydrogen-bond acceptors (Lipinski definition) is 3. The van der Waals surface area contributed by atoms with Crippen molar-refractivity contribution >= 4 is 21.8 Å². The molecule has 3 N–H and O–H groups in total. The molecule has 1 aromatic carbocycles. The quantitative estimate of drug-likeness (QED) is 0.747. The molecular formula is C13H18N2O4S. The number of anilines is 1. The van der Waals surface area contributed by atoms with Crippen LogP contribution in [0.2, 0.25) is 0 Å². The van der Waals surface area contributed by atoms with Crippen LogP contribution in [0.25, 0.3) is 0 Å². The van der Waals surface area contributed by atoms with Gasteiger partial charge in [-0.15, -0.1) is 0 Å². The van der Waals surface area contributed by atoms with Crippen molar-refractivity contribution in [2.24, 2.45) is 0 Å². The Morgan fingerprint density at radius 3 is 2.55 bits per heavy atom. The van der Waals surface area contributed by atoms with Gasteiger partial charge in [0.2, 0.25) is 0 Å². The number of benzene rings is 1. The predicted octanol–water partition coefficient (Wildman–Crippen LogP) is 2.39. The fourth-order valence-corrected chi connectivity index (χ4v) is 2.86. The zero-order valence-electron chi connectivity index (χ0n) is 11.0. The second-order valence-electron chi connectivity index (χ2n) is 4.94. The van der Waals surface area contributed by atoms with Crippen molar-refractivity contribution < 1.29 is 17.8 Å². The second kappa shape index (κ2) is 6.23. The van der Waals surface area contributed by atoms with Gasteiger partial charge in [-0.3, -0.25) is 4.55 Å². The molecule has 0 aromatic heterocycles. The lowest BCUT2D eigenvalue weighted by Gasteiger charge is -2.22. The normalized spacial score (nSPS) is 16.6. The molecule has 0 heterocycles. The van der Waals surface area contributed by atoms with Crippen molar-refractivity contribution in [1.82, 2.24) is 5.32 Å². The summed E-state index contributed by atoms with van der Waals surface area (Å²) in [6, 6.07) is 5.32. The molecule has 2 rings (SSSR count). The Hall–Kier alpha value is -1.60. The molecule has 0 unspecified atom stereocenters. The van der Waals surface area contributed by atoms with E-state index in [4.69, 9.17) is 4.55 Å². The summed E-state index contributed by atoms with van der Waals surface area (Å²) in [4.78, 5) is 11.6. The van der Waals surface area contributed by atoms with Gasteiger partial charge in [-0.2, -0.15) is 8.42 Å². The maximum atomic E-state index is 11.8. The van der Waals surface area contributed by atoms with E-state index in [0.29, 0.717) is 5.69 Å². The molecule has 1 saturated carbocycles. The minimum atomic E-state index is -4.26. The summed E-state index contributed by atoms with van der Waals surface area (Å²) in [5, 5.41) is 5.44. The average molecular weight is 298 g/mol. The van der Waals surface area contributed by atoms with Gasteiger partial charge in [-0.25, -0.2) is 4.79 Å². The van der Waals surface area contributed by atoms with Gasteiger partial charge in [0.05, 0.1) is 4.90 Å². The van der Waals surface area contributed by atoms with Crippen LogP contribution in [0.15, 0.2) is 29.2 Å². The molecule has 6 nitrogen and oxygen atoms in total. The summed E-state index contributed by atoms with van der Waals surface area (Å²) in [7, 11) is -4.26. The van der Waals surface area contributed by atoms with E-state index in [2.05, 4.69) is 10.6 Å². The van der Waals surface area contributed by atoms with Crippen LogP contribution in [0.1, 0.15) is 32.1 Å². The number of hydrogen-bond donors (Lipinski definition) is 3. The van der Waals surface area contributed by atoms with Crippen LogP contribution in [0.3, 0.4) is 0 Å². The molecule has 1 aliphatic rings. The van der Waals surface area contributed by atoms with Gasteiger partial charge in [0.15, 0.2) is 0 Å². The molecule has 0 aliphatic heterocycles. The van der Waals surface area contributed by atoms with Crippen LogP contribution >= 0.6 is 0 Å². The highest BCUT2D eigenvalue weighted by Gasteiger charge is 2.16. The number of urea groups is 1. The summed E-state index contributed by atoms with van der Waals surface area (Å²) < 4.78 is 31.0. The van der Waals surface area contributed by atoms with Crippen molar-refractivity contribution in [2.75, 3.05) is 5.32 Å².